The van der Waals surface area contributed by atoms with E-state index >= 15 is 0 Å². The number of carboxylic acids is 1. The Morgan fingerprint density at radius 3 is 2.62 bits per heavy atom. The van der Waals surface area contributed by atoms with Crippen molar-refractivity contribution in [1.82, 2.24) is 0 Å². The Balaban J connectivity index is 2.86. The van der Waals surface area contributed by atoms with Crippen LogP contribution < -0.4 is 4.74 Å². The van der Waals surface area contributed by atoms with Gasteiger partial charge >= 0.3 is 5.97 Å². The summed E-state index contributed by atoms with van der Waals surface area (Å²) in [5.74, 6) is -0.675. The van der Waals surface area contributed by atoms with Crippen LogP contribution in [0.2, 0.25) is 5.02 Å². The monoisotopic (exact) mass is 236 g/mol. The molecule has 0 saturated carbocycles. The second-order valence-electron chi connectivity index (χ2n) is 3.29. The predicted octanol–water partition coefficient (Wildman–Crippen LogP) is 3.20. The third-order valence-corrected chi connectivity index (χ3v) is 2.72. The molecule has 0 unspecified atom stereocenters. The van der Waals surface area contributed by atoms with Crippen LogP contribution in [0.25, 0.3) is 10.8 Å². The molecular weight excluding hydrogens is 228 g/mol. The quantitative estimate of drug-likeness (QED) is 0.871. The maximum atomic E-state index is 11.0. The maximum absolute atomic E-state index is 11.0. The third kappa shape index (κ3) is 1.59. The molecule has 0 amide bonds. The molecule has 1 N–H and O–H groups in total. The zero-order chi connectivity index (χ0) is 11.7. The number of fused-ring (bicyclic) bond motifs is 1. The van der Waals surface area contributed by atoms with Gasteiger partial charge in [-0.1, -0.05) is 29.8 Å². The number of methoxy groups -OCH3 is 1. The molecule has 3 nitrogen and oxygen atoms in total. The fourth-order valence-corrected chi connectivity index (χ4v) is 1.92. The molecule has 0 aliphatic carbocycles. The first-order chi connectivity index (χ1) is 7.65. The van der Waals surface area contributed by atoms with Crippen LogP contribution >= 0.6 is 11.6 Å². The minimum atomic E-state index is -1.02. The summed E-state index contributed by atoms with van der Waals surface area (Å²) in [5.41, 5.74) is 0.136. The highest BCUT2D eigenvalue weighted by Gasteiger charge is 2.14. The first-order valence-electron chi connectivity index (χ1n) is 4.63. The molecule has 2 aromatic rings. The number of halogens is 1. The number of benzene rings is 2. The summed E-state index contributed by atoms with van der Waals surface area (Å²) in [6, 6.07) is 8.48. The zero-order valence-electron chi connectivity index (χ0n) is 8.53. The molecule has 0 aliphatic rings. The van der Waals surface area contributed by atoms with Gasteiger partial charge in [0, 0.05) is 15.8 Å². The fourth-order valence-electron chi connectivity index (χ4n) is 1.68. The molecule has 0 saturated heterocycles. The first kappa shape index (κ1) is 10.8. The van der Waals surface area contributed by atoms with Gasteiger partial charge in [0.15, 0.2) is 0 Å². The number of ether oxygens (including phenoxy) is 1. The van der Waals surface area contributed by atoms with Crippen LogP contribution in [0, 0.1) is 0 Å². The van der Waals surface area contributed by atoms with E-state index < -0.39 is 5.97 Å². The van der Waals surface area contributed by atoms with Crippen LogP contribution in [0.3, 0.4) is 0 Å². The lowest BCUT2D eigenvalue weighted by molar-refractivity contribution is 0.0693. The van der Waals surface area contributed by atoms with Gasteiger partial charge in [0.05, 0.1) is 7.11 Å². The summed E-state index contributed by atoms with van der Waals surface area (Å²) in [6.07, 6.45) is 0. The standard InChI is InChI=1S/C12H9ClO3/c1-16-11-8-3-2-4-10(13)7(8)5-6-9(11)12(14)15/h2-6H,1H3,(H,14,15). The van der Waals surface area contributed by atoms with E-state index in [0.717, 1.165) is 5.39 Å². The Bertz CT molecular complexity index is 563. The lowest BCUT2D eigenvalue weighted by Crippen LogP contribution is -2.00. The molecule has 0 bridgehead atoms. The van der Waals surface area contributed by atoms with Crippen LogP contribution in [0.4, 0.5) is 0 Å². The number of rotatable bonds is 2. The predicted molar refractivity (Wildman–Crippen MR) is 62.5 cm³/mol. The number of hydrogen-bond donors (Lipinski definition) is 1. The maximum Gasteiger partial charge on any atom is 0.339 e. The summed E-state index contributed by atoms with van der Waals surface area (Å²) in [7, 11) is 1.45. The van der Waals surface area contributed by atoms with E-state index in [1.165, 1.54) is 13.2 Å². The molecule has 2 rings (SSSR count). The van der Waals surface area contributed by atoms with Gasteiger partial charge < -0.3 is 9.84 Å². The Kier molecular flexibility index (Phi) is 2.71. The Labute approximate surface area is 97.2 Å². The first-order valence-corrected chi connectivity index (χ1v) is 5.01. The third-order valence-electron chi connectivity index (χ3n) is 2.39. The number of carboxylic acid groups (broad SMARTS) is 1. The highest BCUT2D eigenvalue weighted by Crippen LogP contribution is 2.33. The van der Waals surface area contributed by atoms with Gasteiger partial charge in [-0.05, 0) is 12.1 Å². The Hall–Kier alpha value is -1.74. The molecule has 0 atom stereocenters. The second kappa shape index (κ2) is 4.02. The summed E-state index contributed by atoms with van der Waals surface area (Å²) in [5, 5.41) is 11.1. The van der Waals surface area contributed by atoms with Crippen molar-refractivity contribution in [2.45, 2.75) is 0 Å². The molecule has 16 heavy (non-hydrogen) atoms. The van der Waals surface area contributed by atoms with E-state index in [9.17, 15) is 4.79 Å². The van der Waals surface area contributed by atoms with Crippen molar-refractivity contribution in [2.24, 2.45) is 0 Å². The molecule has 0 aliphatic heterocycles. The molecule has 4 heteroatoms. The van der Waals surface area contributed by atoms with E-state index in [2.05, 4.69) is 0 Å². The topological polar surface area (TPSA) is 46.5 Å². The molecule has 2 aromatic carbocycles. The van der Waals surface area contributed by atoms with E-state index in [1.807, 2.05) is 0 Å². The van der Waals surface area contributed by atoms with Crippen LogP contribution in [0.5, 0.6) is 5.75 Å². The summed E-state index contributed by atoms with van der Waals surface area (Å²) in [6.45, 7) is 0. The van der Waals surface area contributed by atoms with Crippen LogP contribution in [-0.4, -0.2) is 18.2 Å². The Morgan fingerprint density at radius 1 is 1.25 bits per heavy atom. The average molecular weight is 237 g/mol. The van der Waals surface area contributed by atoms with Crippen molar-refractivity contribution in [3.63, 3.8) is 0 Å². The van der Waals surface area contributed by atoms with E-state index in [0.29, 0.717) is 16.2 Å². The van der Waals surface area contributed by atoms with Gasteiger partial charge in [0.1, 0.15) is 11.3 Å². The molecule has 0 fully saturated rings. The fraction of sp³-hybridized carbons (Fsp3) is 0.0833. The van der Waals surface area contributed by atoms with Crippen LogP contribution in [-0.2, 0) is 0 Å². The van der Waals surface area contributed by atoms with Crippen molar-refractivity contribution in [2.75, 3.05) is 7.11 Å². The Morgan fingerprint density at radius 2 is 2.00 bits per heavy atom. The minimum Gasteiger partial charge on any atom is -0.495 e. The largest absolute Gasteiger partial charge is 0.495 e. The highest BCUT2D eigenvalue weighted by molar-refractivity contribution is 6.35. The number of aromatic carboxylic acids is 1. The second-order valence-corrected chi connectivity index (χ2v) is 3.69. The van der Waals surface area contributed by atoms with Crippen LogP contribution in [0.15, 0.2) is 30.3 Å². The van der Waals surface area contributed by atoms with Gasteiger partial charge in [0.2, 0.25) is 0 Å². The summed E-state index contributed by atoms with van der Waals surface area (Å²) < 4.78 is 5.14. The smallest absolute Gasteiger partial charge is 0.339 e. The van der Waals surface area contributed by atoms with Gasteiger partial charge in [-0.25, -0.2) is 4.79 Å². The molecule has 0 aromatic heterocycles. The summed E-state index contributed by atoms with van der Waals surface area (Å²) in [4.78, 5) is 11.0. The van der Waals surface area contributed by atoms with E-state index in [1.54, 1.807) is 24.3 Å². The average Bonchev–Trinajstić information content (AvgIpc) is 2.27. The molecule has 0 spiro atoms. The number of carbonyl (C=O) groups is 1. The van der Waals surface area contributed by atoms with E-state index in [4.69, 9.17) is 21.4 Å². The van der Waals surface area contributed by atoms with Crippen molar-refractivity contribution in [1.29, 1.82) is 0 Å². The SMILES string of the molecule is COc1c(C(=O)O)ccc2c(Cl)cccc12. The van der Waals surface area contributed by atoms with E-state index in [-0.39, 0.29) is 5.56 Å². The van der Waals surface area contributed by atoms with Crippen LogP contribution in [0.1, 0.15) is 10.4 Å². The van der Waals surface area contributed by atoms with Crippen molar-refractivity contribution in [3.05, 3.63) is 40.9 Å². The minimum absolute atomic E-state index is 0.136. The normalized spacial score (nSPS) is 10.4. The highest BCUT2D eigenvalue weighted by atomic mass is 35.5. The molecular formula is C12H9ClO3. The van der Waals surface area contributed by atoms with Gasteiger partial charge in [-0.2, -0.15) is 0 Å². The van der Waals surface area contributed by atoms with Crippen molar-refractivity contribution >= 4 is 28.3 Å². The van der Waals surface area contributed by atoms with Crippen molar-refractivity contribution < 1.29 is 14.6 Å². The van der Waals surface area contributed by atoms with Crippen molar-refractivity contribution in [3.8, 4) is 5.75 Å². The lowest BCUT2D eigenvalue weighted by Gasteiger charge is -2.09. The lowest BCUT2D eigenvalue weighted by atomic mass is 10.1. The molecule has 82 valence electrons. The van der Waals surface area contributed by atoms with Gasteiger partial charge in [-0.15, -0.1) is 0 Å². The number of hydrogen-bond acceptors (Lipinski definition) is 2. The zero-order valence-corrected chi connectivity index (χ0v) is 9.28. The van der Waals surface area contributed by atoms with Gasteiger partial charge in [-0.3, -0.25) is 0 Å². The summed E-state index contributed by atoms with van der Waals surface area (Å²) >= 11 is 6.01. The van der Waals surface area contributed by atoms with Gasteiger partial charge in [0.25, 0.3) is 0 Å². The molecule has 0 heterocycles. The molecule has 0 radical (unpaired) electrons.